The Morgan fingerprint density at radius 2 is 1.94 bits per heavy atom. The Labute approximate surface area is 102 Å². The molecule has 0 saturated heterocycles. The van der Waals surface area contributed by atoms with Gasteiger partial charge in [0.25, 0.3) is 0 Å². The molecule has 1 aromatic carbocycles. The summed E-state index contributed by atoms with van der Waals surface area (Å²) in [5.41, 5.74) is 8.46. The molecule has 1 aromatic rings. The predicted molar refractivity (Wildman–Crippen MR) is 68.0 cm³/mol. The van der Waals surface area contributed by atoms with Gasteiger partial charge < -0.3 is 15.8 Å². The van der Waals surface area contributed by atoms with E-state index in [0.29, 0.717) is 6.61 Å². The lowest BCUT2D eigenvalue weighted by Gasteiger charge is -2.13. The summed E-state index contributed by atoms with van der Waals surface area (Å²) in [5.74, 6) is 0.512. The molecule has 94 valence electrons. The van der Waals surface area contributed by atoms with Gasteiger partial charge in [-0.1, -0.05) is 12.1 Å². The smallest absolute Gasteiger partial charge is 0.220 e. The lowest BCUT2D eigenvalue weighted by molar-refractivity contribution is -0.118. The van der Waals surface area contributed by atoms with E-state index < -0.39 is 0 Å². The van der Waals surface area contributed by atoms with Crippen LogP contribution in [0.4, 0.5) is 0 Å². The topological polar surface area (TPSA) is 64.3 Å². The van der Waals surface area contributed by atoms with Gasteiger partial charge in [0.05, 0.1) is 13.0 Å². The molecule has 0 saturated carbocycles. The summed E-state index contributed by atoms with van der Waals surface area (Å²) in [4.78, 5) is 10.6. The van der Waals surface area contributed by atoms with E-state index in [1.807, 2.05) is 20.9 Å². The maximum atomic E-state index is 10.6. The van der Waals surface area contributed by atoms with Gasteiger partial charge >= 0.3 is 0 Å². The SMILES string of the molecule is CNCc1cc(C)c(OCCC(N)=O)c(C)c1. The molecule has 3 N–H and O–H groups in total. The Morgan fingerprint density at radius 3 is 2.41 bits per heavy atom. The van der Waals surface area contributed by atoms with Gasteiger partial charge in [-0.15, -0.1) is 0 Å². The number of benzene rings is 1. The number of ether oxygens (including phenoxy) is 1. The van der Waals surface area contributed by atoms with E-state index in [9.17, 15) is 4.79 Å². The van der Waals surface area contributed by atoms with Gasteiger partial charge in [-0.3, -0.25) is 4.79 Å². The third-order valence-corrected chi connectivity index (χ3v) is 2.50. The van der Waals surface area contributed by atoms with Crippen molar-refractivity contribution in [3.63, 3.8) is 0 Å². The molecule has 4 nitrogen and oxygen atoms in total. The van der Waals surface area contributed by atoms with Crippen LogP contribution in [-0.4, -0.2) is 19.6 Å². The van der Waals surface area contributed by atoms with Crippen LogP contribution in [0, 0.1) is 13.8 Å². The zero-order valence-corrected chi connectivity index (χ0v) is 10.7. The average Bonchev–Trinajstić information content (AvgIpc) is 2.22. The number of rotatable bonds is 6. The van der Waals surface area contributed by atoms with E-state index in [2.05, 4.69) is 17.4 Å². The summed E-state index contributed by atoms with van der Waals surface area (Å²) in [6.07, 6.45) is 0.247. The minimum Gasteiger partial charge on any atom is -0.493 e. The highest BCUT2D eigenvalue weighted by Crippen LogP contribution is 2.24. The molecule has 0 aliphatic rings. The fourth-order valence-corrected chi connectivity index (χ4v) is 1.83. The van der Waals surface area contributed by atoms with Crippen LogP contribution in [0.15, 0.2) is 12.1 Å². The fourth-order valence-electron chi connectivity index (χ4n) is 1.83. The van der Waals surface area contributed by atoms with Crippen molar-refractivity contribution in [3.8, 4) is 5.75 Å². The lowest BCUT2D eigenvalue weighted by Crippen LogP contribution is -2.15. The van der Waals surface area contributed by atoms with Gasteiger partial charge in [0.15, 0.2) is 0 Å². The summed E-state index contributed by atoms with van der Waals surface area (Å²) in [7, 11) is 1.92. The molecule has 0 aromatic heterocycles. The van der Waals surface area contributed by atoms with Crippen LogP contribution in [0.2, 0.25) is 0 Å². The highest BCUT2D eigenvalue weighted by atomic mass is 16.5. The fraction of sp³-hybridized carbons (Fsp3) is 0.462. The molecule has 0 heterocycles. The molecule has 17 heavy (non-hydrogen) atoms. The van der Waals surface area contributed by atoms with Crippen molar-refractivity contribution in [2.24, 2.45) is 5.73 Å². The third-order valence-electron chi connectivity index (χ3n) is 2.50. The van der Waals surface area contributed by atoms with E-state index in [1.165, 1.54) is 5.56 Å². The largest absolute Gasteiger partial charge is 0.493 e. The standard InChI is InChI=1S/C13H20N2O2/c1-9-6-11(8-15-3)7-10(2)13(9)17-5-4-12(14)16/h6-7,15H,4-5,8H2,1-3H3,(H2,14,16). The summed E-state index contributed by atoms with van der Waals surface area (Å²) in [6, 6.07) is 4.17. The summed E-state index contributed by atoms with van der Waals surface area (Å²) < 4.78 is 5.59. The predicted octanol–water partition coefficient (Wildman–Crippen LogP) is 1.28. The molecule has 0 atom stereocenters. The summed E-state index contributed by atoms with van der Waals surface area (Å²) in [6.45, 7) is 5.18. The monoisotopic (exact) mass is 236 g/mol. The lowest BCUT2D eigenvalue weighted by atomic mass is 10.1. The molecule has 1 rings (SSSR count). The Kier molecular flexibility index (Phi) is 4.97. The van der Waals surface area contributed by atoms with Gasteiger partial charge in [-0.25, -0.2) is 0 Å². The highest BCUT2D eigenvalue weighted by molar-refractivity contribution is 5.73. The van der Waals surface area contributed by atoms with E-state index in [4.69, 9.17) is 10.5 Å². The van der Waals surface area contributed by atoms with Crippen molar-refractivity contribution in [3.05, 3.63) is 28.8 Å². The number of nitrogens with one attached hydrogen (secondary N) is 1. The first-order chi connectivity index (χ1) is 8.04. The van der Waals surface area contributed by atoms with Gasteiger partial charge in [0, 0.05) is 6.54 Å². The normalized spacial score (nSPS) is 10.3. The zero-order valence-electron chi connectivity index (χ0n) is 10.7. The van der Waals surface area contributed by atoms with Gasteiger partial charge in [-0.05, 0) is 37.6 Å². The van der Waals surface area contributed by atoms with E-state index in [1.54, 1.807) is 0 Å². The average molecular weight is 236 g/mol. The van der Waals surface area contributed by atoms with Crippen molar-refractivity contribution in [2.45, 2.75) is 26.8 Å². The van der Waals surface area contributed by atoms with Crippen LogP contribution in [0.3, 0.4) is 0 Å². The Hall–Kier alpha value is -1.55. The molecule has 0 spiro atoms. The second kappa shape index (κ2) is 6.25. The van der Waals surface area contributed by atoms with Crippen molar-refractivity contribution in [1.29, 1.82) is 0 Å². The number of primary amides is 1. The maximum Gasteiger partial charge on any atom is 0.220 e. The molecule has 0 fully saturated rings. The first-order valence-corrected chi connectivity index (χ1v) is 5.70. The number of carbonyl (C=O) groups is 1. The van der Waals surface area contributed by atoms with E-state index in [0.717, 1.165) is 23.4 Å². The zero-order chi connectivity index (χ0) is 12.8. The number of hydrogen-bond donors (Lipinski definition) is 2. The first kappa shape index (κ1) is 13.5. The van der Waals surface area contributed by atoms with Crippen LogP contribution in [0.25, 0.3) is 0 Å². The molecule has 0 radical (unpaired) electrons. The Balaban J connectivity index is 2.75. The third kappa shape index (κ3) is 4.07. The molecule has 0 aliphatic heterocycles. The second-order valence-electron chi connectivity index (χ2n) is 4.15. The van der Waals surface area contributed by atoms with Crippen molar-refractivity contribution in [1.82, 2.24) is 5.32 Å². The number of aryl methyl sites for hydroxylation is 2. The van der Waals surface area contributed by atoms with E-state index in [-0.39, 0.29) is 12.3 Å². The highest BCUT2D eigenvalue weighted by Gasteiger charge is 2.06. The number of carbonyl (C=O) groups excluding carboxylic acids is 1. The molecule has 4 heteroatoms. The molecule has 1 amide bonds. The summed E-state index contributed by atoms with van der Waals surface area (Å²) >= 11 is 0. The molecule has 0 aliphatic carbocycles. The summed E-state index contributed by atoms with van der Waals surface area (Å²) in [5, 5.41) is 3.11. The van der Waals surface area contributed by atoms with Crippen LogP contribution in [0.1, 0.15) is 23.1 Å². The Morgan fingerprint density at radius 1 is 1.35 bits per heavy atom. The first-order valence-electron chi connectivity index (χ1n) is 5.70. The minimum atomic E-state index is -0.341. The number of amides is 1. The molecule has 0 unspecified atom stereocenters. The van der Waals surface area contributed by atoms with Gasteiger partial charge in [0.2, 0.25) is 5.91 Å². The minimum absolute atomic E-state index is 0.247. The number of nitrogens with two attached hydrogens (primary N) is 1. The van der Waals surface area contributed by atoms with Crippen LogP contribution in [0.5, 0.6) is 5.75 Å². The second-order valence-corrected chi connectivity index (χ2v) is 4.15. The Bertz CT molecular complexity index is 379. The van der Waals surface area contributed by atoms with Crippen LogP contribution >= 0.6 is 0 Å². The molecule has 0 bridgehead atoms. The quantitative estimate of drug-likeness (QED) is 0.782. The van der Waals surface area contributed by atoms with Crippen molar-refractivity contribution in [2.75, 3.05) is 13.7 Å². The van der Waals surface area contributed by atoms with Gasteiger partial charge in [0.1, 0.15) is 5.75 Å². The van der Waals surface area contributed by atoms with E-state index >= 15 is 0 Å². The molecular weight excluding hydrogens is 216 g/mol. The number of hydrogen-bond acceptors (Lipinski definition) is 3. The maximum absolute atomic E-state index is 10.6. The van der Waals surface area contributed by atoms with Crippen LogP contribution in [-0.2, 0) is 11.3 Å². The van der Waals surface area contributed by atoms with Crippen LogP contribution < -0.4 is 15.8 Å². The van der Waals surface area contributed by atoms with Crippen molar-refractivity contribution >= 4 is 5.91 Å². The molecular formula is C13H20N2O2. The van der Waals surface area contributed by atoms with Crippen molar-refractivity contribution < 1.29 is 9.53 Å². The van der Waals surface area contributed by atoms with Gasteiger partial charge in [-0.2, -0.15) is 0 Å².